The summed E-state index contributed by atoms with van der Waals surface area (Å²) in [5.74, 6) is -0.392. The normalized spacial score (nSPS) is 14.4. The van der Waals surface area contributed by atoms with Gasteiger partial charge in [-0.15, -0.1) is 0 Å². The SMILES string of the molecule is CC/C=C\C/C=C\C/C=C\C/C=C\CCCCCOCC(COP(=O)(O)OCC(O)CO)OC(=O)CCCCCCCCCCCCCCCCCCCCCC. The van der Waals surface area contributed by atoms with E-state index in [9.17, 15) is 19.4 Å². The van der Waals surface area contributed by atoms with Crippen LogP contribution in [0.15, 0.2) is 48.6 Å². The van der Waals surface area contributed by atoms with Crippen molar-refractivity contribution in [3.8, 4) is 0 Å². The van der Waals surface area contributed by atoms with Crippen LogP contribution >= 0.6 is 7.82 Å². The zero-order valence-corrected chi connectivity index (χ0v) is 37.4. The number of aliphatic hydroxyl groups is 2. The minimum Gasteiger partial charge on any atom is -0.457 e. The monoisotopic (exact) mass is 827 g/mol. The zero-order chi connectivity index (χ0) is 41.8. The van der Waals surface area contributed by atoms with Crippen LogP contribution in [0.25, 0.3) is 0 Å². The lowest BCUT2D eigenvalue weighted by Gasteiger charge is -2.20. The quantitative estimate of drug-likeness (QED) is 0.0238. The van der Waals surface area contributed by atoms with Crippen molar-refractivity contribution in [2.24, 2.45) is 0 Å². The zero-order valence-electron chi connectivity index (χ0n) is 36.6. The summed E-state index contributed by atoms with van der Waals surface area (Å²) in [4.78, 5) is 22.6. The molecule has 0 bridgehead atoms. The van der Waals surface area contributed by atoms with E-state index in [1.807, 2.05) is 0 Å². The molecule has 0 aromatic carbocycles. The molecule has 9 nitrogen and oxygen atoms in total. The van der Waals surface area contributed by atoms with Crippen molar-refractivity contribution in [2.75, 3.05) is 33.0 Å². The van der Waals surface area contributed by atoms with Gasteiger partial charge in [0.2, 0.25) is 0 Å². The number of carbonyl (C=O) groups is 1. The van der Waals surface area contributed by atoms with Crippen LogP contribution in [0.5, 0.6) is 0 Å². The maximum Gasteiger partial charge on any atom is 0.472 e. The number of aliphatic hydroxyl groups excluding tert-OH is 2. The highest BCUT2D eigenvalue weighted by atomic mass is 31.2. The van der Waals surface area contributed by atoms with Crippen LogP contribution in [0.3, 0.4) is 0 Å². The van der Waals surface area contributed by atoms with Crippen LogP contribution in [0, 0.1) is 0 Å². The van der Waals surface area contributed by atoms with Gasteiger partial charge in [-0.05, 0) is 51.4 Å². The second-order valence-corrected chi connectivity index (χ2v) is 16.9. The van der Waals surface area contributed by atoms with Gasteiger partial charge in [-0.25, -0.2) is 4.57 Å². The molecular formula is C47H87O9P. The van der Waals surface area contributed by atoms with Gasteiger partial charge >= 0.3 is 13.8 Å². The van der Waals surface area contributed by atoms with Crippen molar-refractivity contribution in [2.45, 2.75) is 212 Å². The summed E-state index contributed by atoms with van der Waals surface area (Å²) in [7, 11) is -4.53. The van der Waals surface area contributed by atoms with Gasteiger partial charge in [0.25, 0.3) is 0 Å². The second-order valence-electron chi connectivity index (χ2n) is 15.4. The average molecular weight is 827 g/mol. The Bertz CT molecular complexity index is 1030. The lowest BCUT2D eigenvalue weighted by molar-refractivity contribution is -0.154. The molecule has 334 valence electrons. The van der Waals surface area contributed by atoms with Gasteiger partial charge in [-0.3, -0.25) is 13.8 Å². The first kappa shape index (κ1) is 55.4. The van der Waals surface area contributed by atoms with Gasteiger partial charge in [0.15, 0.2) is 0 Å². The fourth-order valence-electron chi connectivity index (χ4n) is 6.29. The molecule has 0 fully saturated rings. The van der Waals surface area contributed by atoms with Gasteiger partial charge in [0, 0.05) is 13.0 Å². The number of hydrogen-bond donors (Lipinski definition) is 3. The number of rotatable bonds is 44. The molecule has 0 radical (unpaired) electrons. The van der Waals surface area contributed by atoms with Crippen molar-refractivity contribution < 1.29 is 43.0 Å². The molecule has 57 heavy (non-hydrogen) atoms. The fourth-order valence-corrected chi connectivity index (χ4v) is 7.08. The molecule has 0 rings (SSSR count). The largest absolute Gasteiger partial charge is 0.472 e. The smallest absolute Gasteiger partial charge is 0.457 e. The molecule has 0 saturated heterocycles. The van der Waals surface area contributed by atoms with E-state index in [0.717, 1.165) is 70.6 Å². The Hall–Kier alpha value is -1.58. The molecule has 3 N–H and O–H groups in total. The van der Waals surface area contributed by atoms with Crippen molar-refractivity contribution in [1.82, 2.24) is 0 Å². The molecule has 3 atom stereocenters. The molecule has 0 amide bonds. The predicted molar refractivity (Wildman–Crippen MR) is 237 cm³/mol. The summed E-state index contributed by atoms with van der Waals surface area (Å²) < 4.78 is 33.4. The molecule has 3 unspecified atom stereocenters. The summed E-state index contributed by atoms with van der Waals surface area (Å²) in [6, 6.07) is 0. The molecule has 0 aromatic rings. The molecule has 0 aromatic heterocycles. The van der Waals surface area contributed by atoms with E-state index in [-0.39, 0.29) is 19.6 Å². The Morgan fingerprint density at radius 3 is 1.49 bits per heavy atom. The van der Waals surface area contributed by atoms with E-state index in [1.54, 1.807) is 0 Å². The summed E-state index contributed by atoms with van der Waals surface area (Å²) in [6.07, 6.45) is 49.3. The van der Waals surface area contributed by atoms with Gasteiger partial charge in [-0.2, -0.15) is 0 Å². The maximum absolute atomic E-state index is 12.6. The van der Waals surface area contributed by atoms with Crippen LogP contribution in [0.1, 0.15) is 200 Å². The Morgan fingerprint density at radius 1 is 0.561 bits per heavy atom. The summed E-state index contributed by atoms with van der Waals surface area (Å²) in [6.45, 7) is 3.35. The highest BCUT2D eigenvalue weighted by Gasteiger charge is 2.26. The minimum atomic E-state index is -4.53. The highest BCUT2D eigenvalue weighted by molar-refractivity contribution is 7.47. The Kier molecular flexibility index (Phi) is 42.8. The number of unbranched alkanes of at least 4 members (excludes halogenated alkanes) is 22. The van der Waals surface area contributed by atoms with Crippen LogP contribution in [0.4, 0.5) is 0 Å². The number of carbonyl (C=O) groups excluding carboxylic acids is 1. The third kappa shape index (κ3) is 43.8. The number of ether oxygens (including phenoxy) is 2. The third-order valence-electron chi connectivity index (χ3n) is 9.78. The fraction of sp³-hybridized carbons (Fsp3) is 0.809. The minimum absolute atomic E-state index is 0.0289. The third-order valence-corrected chi connectivity index (χ3v) is 10.7. The number of phosphoric ester groups is 1. The average Bonchev–Trinajstić information content (AvgIpc) is 3.20. The van der Waals surface area contributed by atoms with Gasteiger partial charge in [-0.1, -0.05) is 191 Å². The number of hydrogen-bond acceptors (Lipinski definition) is 8. The second kappa shape index (κ2) is 44.0. The van der Waals surface area contributed by atoms with E-state index < -0.39 is 39.2 Å². The Balaban J connectivity index is 4.15. The van der Waals surface area contributed by atoms with Gasteiger partial charge in [0.05, 0.1) is 26.4 Å². The van der Waals surface area contributed by atoms with Crippen molar-refractivity contribution in [1.29, 1.82) is 0 Å². The van der Waals surface area contributed by atoms with E-state index in [2.05, 4.69) is 62.5 Å². The van der Waals surface area contributed by atoms with Crippen molar-refractivity contribution >= 4 is 13.8 Å². The van der Waals surface area contributed by atoms with E-state index in [0.29, 0.717) is 6.61 Å². The van der Waals surface area contributed by atoms with Crippen LogP contribution < -0.4 is 0 Å². The molecule has 10 heteroatoms. The van der Waals surface area contributed by atoms with Crippen LogP contribution in [-0.4, -0.2) is 66.3 Å². The van der Waals surface area contributed by atoms with Crippen LogP contribution in [-0.2, 0) is 27.9 Å². The van der Waals surface area contributed by atoms with Crippen molar-refractivity contribution in [3.63, 3.8) is 0 Å². The van der Waals surface area contributed by atoms with Gasteiger partial charge < -0.3 is 24.6 Å². The standard InChI is InChI=1S/C47H87O9P/c1-3-5-7-9-11-13-15-17-19-21-22-23-24-25-27-29-31-33-35-37-39-47(50)56-46(44-55-57(51,52)54-42-45(49)41-48)43-53-40-38-36-34-32-30-28-26-20-18-16-14-12-10-8-6-4-2/h6,8,12,14,18,20,28,30,45-46,48-49H,3-5,7,9-11,13,15-17,19,21-27,29,31-44H2,1-2H3,(H,51,52)/b8-6-,14-12-,20-18-,30-28-. The molecule has 0 heterocycles. The lowest BCUT2D eigenvalue weighted by Crippen LogP contribution is -2.29. The van der Waals surface area contributed by atoms with Gasteiger partial charge in [0.1, 0.15) is 12.2 Å². The van der Waals surface area contributed by atoms with Crippen molar-refractivity contribution in [3.05, 3.63) is 48.6 Å². The number of phosphoric acid groups is 1. The summed E-state index contributed by atoms with van der Waals surface area (Å²) in [5.41, 5.74) is 0. The van der Waals surface area contributed by atoms with Crippen LogP contribution in [0.2, 0.25) is 0 Å². The predicted octanol–water partition coefficient (Wildman–Crippen LogP) is 13.0. The topological polar surface area (TPSA) is 132 Å². The molecule has 0 aliphatic heterocycles. The first-order valence-electron chi connectivity index (χ1n) is 23.1. The molecule has 0 saturated carbocycles. The maximum atomic E-state index is 12.6. The van der Waals surface area contributed by atoms with E-state index in [4.69, 9.17) is 23.6 Å². The summed E-state index contributed by atoms with van der Waals surface area (Å²) >= 11 is 0. The lowest BCUT2D eigenvalue weighted by atomic mass is 10.0. The number of esters is 1. The first-order valence-corrected chi connectivity index (χ1v) is 24.6. The van der Waals surface area contributed by atoms with E-state index in [1.165, 1.54) is 109 Å². The molecular weight excluding hydrogens is 739 g/mol. The molecule has 0 aliphatic carbocycles. The highest BCUT2D eigenvalue weighted by Crippen LogP contribution is 2.43. The summed E-state index contributed by atoms with van der Waals surface area (Å²) in [5, 5.41) is 18.4. The Morgan fingerprint density at radius 2 is 1.00 bits per heavy atom. The Labute approximate surface area is 349 Å². The van der Waals surface area contributed by atoms with E-state index >= 15 is 0 Å². The molecule has 0 aliphatic rings. The number of allylic oxidation sites excluding steroid dienone is 8. The first-order chi connectivity index (χ1) is 27.8. The molecule has 0 spiro atoms.